The molecule has 0 fully saturated rings. The number of nitrogens with zero attached hydrogens (tertiary/aromatic N) is 2. The Hall–Kier alpha value is -3.65. The average Bonchev–Trinajstić information content (AvgIpc) is 3.43. The highest BCUT2D eigenvalue weighted by atomic mass is 32.2. The number of hydrogen-bond acceptors (Lipinski definition) is 5. The fourth-order valence-electron chi connectivity index (χ4n) is 5.04. The van der Waals surface area contributed by atoms with Gasteiger partial charge in [-0.15, -0.1) is 0 Å². The molecular formula is C25H23N5O2S. The van der Waals surface area contributed by atoms with Gasteiger partial charge in [-0.2, -0.15) is 0 Å². The molecule has 2 aliphatic rings. The molecule has 7 nitrogen and oxygen atoms in total. The van der Waals surface area contributed by atoms with E-state index in [1.807, 2.05) is 73.1 Å². The predicted octanol–water partition coefficient (Wildman–Crippen LogP) is 3.88. The van der Waals surface area contributed by atoms with Gasteiger partial charge in [0.1, 0.15) is 5.70 Å². The van der Waals surface area contributed by atoms with Crippen molar-refractivity contribution in [2.24, 2.45) is 10.7 Å². The molecule has 0 saturated carbocycles. The molecule has 3 heterocycles. The van der Waals surface area contributed by atoms with Gasteiger partial charge in [0.05, 0.1) is 22.2 Å². The van der Waals surface area contributed by atoms with Gasteiger partial charge in [-0.3, -0.25) is 25.3 Å². The van der Waals surface area contributed by atoms with Crippen LogP contribution < -0.4 is 11.1 Å². The molecule has 0 saturated heterocycles. The maximum Gasteiger partial charge on any atom is 0.275 e. The standard InChI is InChI=1S/C25H23N5O2S/c1-3-19(33-24(26)27)25(13-28-17-10-6-5-9-16(17)25)20-21(23(32)29-22(20)31)30-12-14(2)15-8-4-7-11-18(15)30/h4-13,19H,3H2,1-2H3,(H3,26,27)(H,29,31,32). The first-order valence-corrected chi connectivity index (χ1v) is 11.6. The number of thioether (sulfide) groups is 1. The normalized spacial score (nSPS) is 20.4. The summed E-state index contributed by atoms with van der Waals surface area (Å²) in [5.74, 6) is -0.897. The van der Waals surface area contributed by atoms with Crippen LogP contribution in [0.1, 0.15) is 24.5 Å². The minimum Gasteiger partial charge on any atom is -0.379 e. The van der Waals surface area contributed by atoms with E-state index in [1.54, 1.807) is 6.21 Å². The largest absolute Gasteiger partial charge is 0.379 e. The second-order valence-electron chi connectivity index (χ2n) is 8.23. The first-order chi connectivity index (χ1) is 15.9. The Morgan fingerprint density at radius 2 is 1.91 bits per heavy atom. The van der Waals surface area contributed by atoms with Gasteiger partial charge in [-0.1, -0.05) is 55.1 Å². The van der Waals surface area contributed by atoms with Gasteiger partial charge >= 0.3 is 0 Å². The van der Waals surface area contributed by atoms with Crippen LogP contribution in [0.15, 0.2) is 65.3 Å². The lowest BCUT2D eigenvalue weighted by atomic mass is 9.71. The van der Waals surface area contributed by atoms with E-state index in [-0.39, 0.29) is 16.1 Å². The van der Waals surface area contributed by atoms with E-state index in [0.717, 1.165) is 27.7 Å². The molecule has 3 aromatic rings. The molecule has 2 aliphatic heterocycles. The number of aromatic nitrogens is 1. The second kappa shape index (κ2) is 7.74. The van der Waals surface area contributed by atoms with Crippen molar-refractivity contribution in [3.8, 4) is 0 Å². The molecule has 0 aliphatic carbocycles. The molecule has 5 rings (SSSR count). The monoisotopic (exact) mass is 457 g/mol. The zero-order valence-electron chi connectivity index (χ0n) is 18.3. The molecule has 33 heavy (non-hydrogen) atoms. The number of amides is 2. The van der Waals surface area contributed by atoms with E-state index in [4.69, 9.17) is 11.1 Å². The van der Waals surface area contributed by atoms with Gasteiger partial charge in [-0.25, -0.2) is 0 Å². The first kappa shape index (κ1) is 21.2. The van der Waals surface area contributed by atoms with Crippen LogP contribution in [0.4, 0.5) is 5.69 Å². The average molecular weight is 458 g/mol. The molecule has 0 radical (unpaired) electrons. The molecule has 0 spiro atoms. The Morgan fingerprint density at radius 1 is 1.18 bits per heavy atom. The third-order valence-corrected chi connectivity index (χ3v) is 7.62. The Kier molecular flexibility index (Phi) is 4.97. The number of benzene rings is 2. The number of aliphatic imine (C=N–C) groups is 1. The predicted molar refractivity (Wildman–Crippen MR) is 133 cm³/mol. The van der Waals surface area contributed by atoms with Gasteiger partial charge in [-0.05, 0) is 36.6 Å². The maximum atomic E-state index is 13.5. The molecule has 2 unspecified atom stereocenters. The second-order valence-corrected chi connectivity index (χ2v) is 9.47. The molecular weight excluding hydrogens is 434 g/mol. The number of carbonyl (C=O) groups is 2. The van der Waals surface area contributed by atoms with Gasteiger partial charge in [0, 0.05) is 23.0 Å². The Labute approximate surface area is 195 Å². The molecule has 2 atom stereocenters. The van der Waals surface area contributed by atoms with Crippen molar-refractivity contribution in [1.29, 1.82) is 5.41 Å². The molecule has 2 amide bonds. The number of rotatable bonds is 5. The summed E-state index contributed by atoms with van der Waals surface area (Å²) in [6.45, 7) is 3.97. The van der Waals surface area contributed by atoms with Crippen LogP contribution in [0.25, 0.3) is 16.6 Å². The number of nitrogens with two attached hydrogens (primary N) is 1. The summed E-state index contributed by atoms with van der Waals surface area (Å²) in [5.41, 5.74) is 8.84. The van der Waals surface area contributed by atoms with Crippen LogP contribution in [0, 0.1) is 12.3 Å². The minimum atomic E-state index is -1.02. The smallest absolute Gasteiger partial charge is 0.275 e. The highest BCUT2D eigenvalue weighted by Gasteiger charge is 2.53. The number of para-hydroxylation sites is 2. The summed E-state index contributed by atoms with van der Waals surface area (Å²) < 4.78 is 1.81. The fraction of sp³-hybridized carbons (Fsp3) is 0.200. The first-order valence-electron chi connectivity index (χ1n) is 10.7. The molecule has 1 aromatic heterocycles. The van der Waals surface area contributed by atoms with Crippen LogP contribution in [0.5, 0.6) is 0 Å². The van der Waals surface area contributed by atoms with Gasteiger partial charge < -0.3 is 10.3 Å². The molecule has 8 heteroatoms. The molecule has 0 bridgehead atoms. The molecule has 2 aromatic carbocycles. The Balaban J connectivity index is 1.88. The van der Waals surface area contributed by atoms with Crippen LogP contribution in [0.2, 0.25) is 0 Å². The third-order valence-electron chi connectivity index (χ3n) is 6.38. The van der Waals surface area contributed by atoms with Crippen LogP contribution in [-0.4, -0.2) is 33.0 Å². The Bertz CT molecular complexity index is 1400. The van der Waals surface area contributed by atoms with Gasteiger partial charge in [0.2, 0.25) is 0 Å². The van der Waals surface area contributed by atoms with Crippen molar-refractivity contribution in [3.63, 3.8) is 0 Å². The highest BCUT2D eigenvalue weighted by molar-refractivity contribution is 8.14. The van der Waals surface area contributed by atoms with Crippen molar-refractivity contribution in [3.05, 3.63) is 71.4 Å². The summed E-state index contributed by atoms with van der Waals surface area (Å²) in [5, 5.41) is 11.1. The van der Waals surface area contributed by atoms with Crippen molar-refractivity contribution < 1.29 is 9.59 Å². The van der Waals surface area contributed by atoms with Crippen molar-refractivity contribution in [2.75, 3.05) is 0 Å². The number of amidine groups is 1. The SMILES string of the molecule is CCC(SC(=N)N)C1(C2=C(n3cc(C)c4ccccc43)C(=O)NC2=O)C=Nc2ccccc21. The van der Waals surface area contributed by atoms with Crippen LogP contribution in [-0.2, 0) is 15.0 Å². The van der Waals surface area contributed by atoms with E-state index in [9.17, 15) is 9.59 Å². The fourth-order valence-corrected chi connectivity index (χ4v) is 6.00. The number of fused-ring (bicyclic) bond motifs is 2. The third kappa shape index (κ3) is 3.05. The van der Waals surface area contributed by atoms with E-state index < -0.39 is 17.2 Å². The maximum absolute atomic E-state index is 13.5. The van der Waals surface area contributed by atoms with Crippen molar-refractivity contribution >= 4 is 57.2 Å². The number of carbonyl (C=O) groups excluding carboxylic acids is 2. The number of nitrogens with one attached hydrogen (secondary N) is 2. The van der Waals surface area contributed by atoms with Gasteiger partial charge in [0.25, 0.3) is 11.8 Å². The summed E-state index contributed by atoms with van der Waals surface area (Å²) >= 11 is 1.19. The zero-order valence-corrected chi connectivity index (χ0v) is 19.1. The molecule has 166 valence electrons. The van der Waals surface area contributed by atoms with Crippen LogP contribution in [0.3, 0.4) is 0 Å². The lowest BCUT2D eigenvalue weighted by Gasteiger charge is -2.36. The van der Waals surface area contributed by atoms with E-state index >= 15 is 0 Å². The summed E-state index contributed by atoms with van der Waals surface area (Å²) in [7, 11) is 0. The number of imide groups is 1. The quantitative estimate of drug-likeness (QED) is 0.306. The van der Waals surface area contributed by atoms with E-state index in [2.05, 4.69) is 10.3 Å². The van der Waals surface area contributed by atoms with E-state index in [1.165, 1.54) is 11.8 Å². The summed E-state index contributed by atoms with van der Waals surface area (Å²) in [6, 6.07) is 15.4. The topological polar surface area (TPSA) is 113 Å². The molecule has 4 N–H and O–H groups in total. The van der Waals surface area contributed by atoms with Gasteiger partial charge in [0.15, 0.2) is 5.17 Å². The Morgan fingerprint density at radius 3 is 2.67 bits per heavy atom. The minimum absolute atomic E-state index is 0.0480. The lowest BCUT2D eigenvalue weighted by molar-refractivity contribution is -0.123. The number of aryl methyl sites for hydroxylation is 1. The summed E-state index contributed by atoms with van der Waals surface area (Å²) in [4.78, 5) is 31.4. The lowest BCUT2D eigenvalue weighted by Crippen LogP contribution is -2.44. The van der Waals surface area contributed by atoms with E-state index in [0.29, 0.717) is 12.0 Å². The van der Waals surface area contributed by atoms with Crippen molar-refractivity contribution in [1.82, 2.24) is 9.88 Å². The van der Waals surface area contributed by atoms with Crippen molar-refractivity contribution in [2.45, 2.75) is 30.9 Å². The highest BCUT2D eigenvalue weighted by Crippen LogP contribution is 2.51. The zero-order chi connectivity index (χ0) is 23.3. The summed E-state index contributed by atoms with van der Waals surface area (Å²) in [6.07, 6.45) is 4.26. The van der Waals surface area contributed by atoms with Crippen LogP contribution >= 0.6 is 11.8 Å². The number of hydrogen-bond donors (Lipinski definition) is 3.